The molecule has 0 heterocycles. The van der Waals surface area contributed by atoms with Gasteiger partial charge in [-0.15, -0.1) is 0 Å². The molecule has 7 aromatic rings. The maximum Gasteiger partial charge on any atom is 0.0159 e. The molecule has 0 nitrogen and oxygen atoms in total. The fourth-order valence-electron chi connectivity index (χ4n) is 6.77. The summed E-state index contributed by atoms with van der Waals surface area (Å²) in [5, 5.41) is 7.73. The van der Waals surface area contributed by atoms with Crippen LogP contribution >= 0.6 is 0 Å². The average Bonchev–Trinajstić information content (AvgIpc) is 3.22. The molecule has 0 spiro atoms. The van der Waals surface area contributed by atoms with Crippen molar-refractivity contribution in [3.63, 3.8) is 0 Å². The highest BCUT2D eigenvalue weighted by atomic mass is 14.4. The number of fused-ring (bicyclic) bond motifs is 7. The lowest BCUT2D eigenvalue weighted by Crippen LogP contribution is -2.14. The highest BCUT2D eigenvalue weighted by molar-refractivity contribution is 6.14. The first-order valence-corrected chi connectivity index (χ1v) is 13.8. The smallest absolute Gasteiger partial charge is 0.0159 e. The van der Waals surface area contributed by atoms with Crippen LogP contribution in [0.2, 0.25) is 0 Å². The molecule has 39 heavy (non-hydrogen) atoms. The summed E-state index contributed by atoms with van der Waals surface area (Å²) in [6.45, 7) is 4.69. The van der Waals surface area contributed by atoms with E-state index in [2.05, 4.69) is 147 Å². The normalized spacial score (nSPS) is 13.6. The van der Waals surface area contributed by atoms with Crippen LogP contribution in [0.1, 0.15) is 25.0 Å². The Morgan fingerprint density at radius 2 is 0.949 bits per heavy atom. The molecule has 0 heteroatoms. The average molecular weight is 497 g/mol. The van der Waals surface area contributed by atoms with E-state index in [-0.39, 0.29) is 5.41 Å². The zero-order chi connectivity index (χ0) is 26.1. The van der Waals surface area contributed by atoms with Crippen molar-refractivity contribution in [2.24, 2.45) is 0 Å². The summed E-state index contributed by atoms with van der Waals surface area (Å²) in [6, 6.07) is 49.5. The molecule has 1 aliphatic carbocycles. The van der Waals surface area contributed by atoms with Gasteiger partial charge in [-0.25, -0.2) is 0 Å². The van der Waals surface area contributed by atoms with Crippen molar-refractivity contribution in [3.05, 3.63) is 145 Å². The van der Waals surface area contributed by atoms with E-state index in [0.29, 0.717) is 0 Å². The lowest BCUT2D eigenvalue weighted by Gasteiger charge is -2.22. The zero-order valence-electron chi connectivity index (χ0n) is 22.2. The molecule has 0 saturated heterocycles. The highest BCUT2D eigenvalue weighted by Gasteiger charge is 2.35. The van der Waals surface area contributed by atoms with Crippen molar-refractivity contribution in [2.45, 2.75) is 19.3 Å². The molecule has 0 aromatic heterocycles. The van der Waals surface area contributed by atoms with E-state index in [4.69, 9.17) is 0 Å². The Bertz CT molecular complexity index is 2090. The molecule has 184 valence electrons. The van der Waals surface area contributed by atoms with E-state index in [1.54, 1.807) is 0 Å². The van der Waals surface area contributed by atoms with Gasteiger partial charge >= 0.3 is 0 Å². The molecule has 0 radical (unpaired) electrons. The van der Waals surface area contributed by atoms with Crippen molar-refractivity contribution < 1.29 is 0 Å². The lowest BCUT2D eigenvalue weighted by molar-refractivity contribution is 0.660. The minimum atomic E-state index is 0.0102. The van der Waals surface area contributed by atoms with Gasteiger partial charge in [0.15, 0.2) is 0 Å². The molecular weight excluding hydrogens is 468 g/mol. The van der Waals surface area contributed by atoms with Gasteiger partial charge in [-0.3, -0.25) is 0 Å². The Hall–Kier alpha value is -4.68. The SMILES string of the molecule is CC1(C)c2ccccc2-c2ccc(-c3ccc4cc(-c5cc6ccccc6c6ccccc56)ccc4c3)cc21. The van der Waals surface area contributed by atoms with E-state index in [9.17, 15) is 0 Å². The molecule has 0 atom stereocenters. The summed E-state index contributed by atoms with van der Waals surface area (Å²) in [4.78, 5) is 0. The van der Waals surface area contributed by atoms with E-state index in [1.807, 2.05) is 0 Å². The molecule has 0 aliphatic heterocycles. The standard InChI is InChI=1S/C39H28/c1-39(2)37-14-8-7-13-34(37)35-20-19-28(24-38(35)39)26-15-16-27-22-30(18-17-25(27)21-26)36-23-29-9-3-4-10-31(29)32-11-5-6-12-33(32)36/h3-24H,1-2H3. The van der Waals surface area contributed by atoms with Gasteiger partial charge in [0.2, 0.25) is 0 Å². The lowest BCUT2D eigenvalue weighted by atomic mass is 9.81. The summed E-state index contributed by atoms with van der Waals surface area (Å²) in [6.07, 6.45) is 0. The Balaban J connectivity index is 1.23. The number of hydrogen-bond donors (Lipinski definition) is 0. The molecule has 0 N–H and O–H groups in total. The summed E-state index contributed by atoms with van der Waals surface area (Å²) < 4.78 is 0. The molecule has 0 bridgehead atoms. The molecule has 0 unspecified atom stereocenters. The highest BCUT2D eigenvalue weighted by Crippen LogP contribution is 2.49. The molecule has 1 aliphatic rings. The predicted molar refractivity (Wildman–Crippen MR) is 167 cm³/mol. The molecular formula is C39H28. The fourth-order valence-corrected chi connectivity index (χ4v) is 6.77. The van der Waals surface area contributed by atoms with Crippen LogP contribution in [0.25, 0.3) is 65.7 Å². The summed E-state index contributed by atoms with van der Waals surface area (Å²) >= 11 is 0. The van der Waals surface area contributed by atoms with Gasteiger partial charge in [0.1, 0.15) is 0 Å². The fraction of sp³-hybridized carbons (Fsp3) is 0.0769. The van der Waals surface area contributed by atoms with Gasteiger partial charge in [-0.05, 0) is 101 Å². The largest absolute Gasteiger partial charge is 0.0619 e. The van der Waals surface area contributed by atoms with Crippen LogP contribution in [0.3, 0.4) is 0 Å². The third-order valence-electron chi connectivity index (χ3n) is 8.84. The van der Waals surface area contributed by atoms with Crippen molar-refractivity contribution in [1.29, 1.82) is 0 Å². The zero-order valence-corrected chi connectivity index (χ0v) is 22.2. The summed E-state index contributed by atoms with van der Waals surface area (Å²) in [7, 11) is 0. The van der Waals surface area contributed by atoms with Gasteiger partial charge < -0.3 is 0 Å². The van der Waals surface area contributed by atoms with Gasteiger partial charge in [0.05, 0.1) is 0 Å². The van der Waals surface area contributed by atoms with Crippen LogP contribution in [-0.2, 0) is 5.41 Å². The van der Waals surface area contributed by atoms with Crippen LogP contribution in [0.4, 0.5) is 0 Å². The first-order valence-electron chi connectivity index (χ1n) is 13.8. The van der Waals surface area contributed by atoms with Crippen molar-refractivity contribution in [1.82, 2.24) is 0 Å². The Morgan fingerprint density at radius 3 is 1.79 bits per heavy atom. The van der Waals surface area contributed by atoms with Crippen LogP contribution < -0.4 is 0 Å². The Labute approximate surface area is 229 Å². The van der Waals surface area contributed by atoms with Crippen LogP contribution in [-0.4, -0.2) is 0 Å². The number of rotatable bonds is 2. The third-order valence-corrected chi connectivity index (χ3v) is 8.84. The first-order chi connectivity index (χ1) is 19.1. The Morgan fingerprint density at radius 1 is 0.359 bits per heavy atom. The number of benzene rings is 7. The van der Waals surface area contributed by atoms with Crippen molar-refractivity contribution >= 4 is 32.3 Å². The quantitative estimate of drug-likeness (QED) is 0.209. The maximum absolute atomic E-state index is 2.41. The van der Waals surface area contributed by atoms with Crippen molar-refractivity contribution in [2.75, 3.05) is 0 Å². The Kier molecular flexibility index (Phi) is 4.67. The van der Waals surface area contributed by atoms with E-state index < -0.39 is 0 Å². The number of hydrogen-bond acceptors (Lipinski definition) is 0. The molecule has 7 aromatic carbocycles. The topological polar surface area (TPSA) is 0 Å². The van der Waals surface area contributed by atoms with E-state index in [0.717, 1.165) is 0 Å². The van der Waals surface area contributed by atoms with Crippen LogP contribution in [0.5, 0.6) is 0 Å². The third kappa shape index (κ3) is 3.31. The van der Waals surface area contributed by atoms with Gasteiger partial charge in [0.25, 0.3) is 0 Å². The minimum absolute atomic E-state index is 0.0102. The molecule has 0 saturated carbocycles. The second-order valence-electron chi connectivity index (χ2n) is 11.4. The second kappa shape index (κ2) is 8.16. The molecule has 0 fully saturated rings. The second-order valence-corrected chi connectivity index (χ2v) is 11.4. The molecule has 8 rings (SSSR count). The van der Waals surface area contributed by atoms with Gasteiger partial charge in [0, 0.05) is 5.41 Å². The predicted octanol–water partition coefficient (Wildman–Crippen LogP) is 10.8. The summed E-state index contributed by atoms with van der Waals surface area (Å²) in [5.74, 6) is 0. The van der Waals surface area contributed by atoms with Crippen LogP contribution in [0.15, 0.2) is 133 Å². The van der Waals surface area contributed by atoms with Crippen LogP contribution in [0, 0.1) is 0 Å². The van der Waals surface area contributed by atoms with E-state index in [1.165, 1.54) is 76.8 Å². The monoisotopic (exact) mass is 496 g/mol. The minimum Gasteiger partial charge on any atom is -0.0619 e. The maximum atomic E-state index is 2.41. The van der Waals surface area contributed by atoms with Gasteiger partial charge in [-0.1, -0.05) is 123 Å². The van der Waals surface area contributed by atoms with E-state index >= 15 is 0 Å². The van der Waals surface area contributed by atoms with Gasteiger partial charge in [-0.2, -0.15) is 0 Å². The summed E-state index contributed by atoms with van der Waals surface area (Å²) in [5.41, 5.74) is 10.7. The first kappa shape index (κ1) is 22.3. The molecule has 0 amide bonds. The van der Waals surface area contributed by atoms with Crippen molar-refractivity contribution in [3.8, 4) is 33.4 Å².